The van der Waals surface area contributed by atoms with Crippen molar-refractivity contribution >= 4 is 27.3 Å². The van der Waals surface area contributed by atoms with E-state index in [1.54, 1.807) is 0 Å². The number of halogens is 1. The molecule has 20 heavy (non-hydrogen) atoms. The van der Waals surface area contributed by atoms with Crippen LogP contribution in [0.1, 0.15) is 19.8 Å². The van der Waals surface area contributed by atoms with Gasteiger partial charge in [-0.25, -0.2) is 12.8 Å². The summed E-state index contributed by atoms with van der Waals surface area (Å²) >= 11 is 0. The zero-order valence-corrected chi connectivity index (χ0v) is 12.1. The molecular formula is C12H18FN3O3S. The average molecular weight is 303 g/mol. The van der Waals surface area contributed by atoms with E-state index < -0.39 is 27.8 Å². The molecule has 6 nitrogen and oxygen atoms in total. The van der Waals surface area contributed by atoms with Gasteiger partial charge in [-0.1, -0.05) is 13.3 Å². The highest BCUT2D eigenvalue weighted by Crippen LogP contribution is 2.20. The van der Waals surface area contributed by atoms with Gasteiger partial charge in [0.25, 0.3) is 0 Å². The molecule has 0 aliphatic rings. The molecule has 0 aliphatic heterocycles. The van der Waals surface area contributed by atoms with Crippen LogP contribution in [0.4, 0.5) is 15.8 Å². The number of benzene rings is 1. The molecule has 4 N–H and O–H groups in total. The minimum absolute atomic E-state index is 0.227. The number of hydrogen-bond acceptors (Lipinski definition) is 4. The summed E-state index contributed by atoms with van der Waals surface area (Å²) in [5.41, 5.74) is 5.69. The molecule has 1 rings (SSSR count). The Balaban J connectivity index is 2.87. The van der Waals surface area contributed by atoms with E-state index in [4.69, 9.17) is 5.73 Å². The van der Waals surface area contributed by atoms with Crippen molar-refractivity contribution in [1.82, 2.24) is 0 Å². The Kier molecular flexibility index (Phi) is 5.46. The van der Waals surface area contributed by atoms with Gasteiger partial charge in [0.1, 0.15) is 5.82 Å². The highest BCUT2D eigenvalue weighted by Gasteiger charge is 2.14. The molecule has 0 heterocycles. The van der Waals surface area contributed by atoms with Crippen molar-refractivity contribution in [3.05, 3.63) is 24.0 Å². The second-order valence-electron chi connectivity index (χ2n) is 4.45. The number of rotatable bonds is 6. The molecule has 1 amide bonds. The first kappa shape index (κ1) is 16.4. The van der Waals surface area contributed by atoms with Crippen molar-refractivity contribution in [2.75, 3.05) is 16.3 Å². The Morgan fingerprint density at radius 3 is 2.65 bits per heavy atom. The highest BCUT2D eigenvalue weighted by molar-refractivity contribution is 7.92. The van der Waals surface area contributed by atoms with Crippen LogP contribution >= 0.6 is 0 Å². The molecule has 0 saturated heterocycles. The summed E-state index contributed by atoms with van der Waals surface area (Å²) in [4.78, 5) is 11.7. The lowest BCUT2D eigenvalue weighted by atomic mass is 10.1. The van der Waals surface area contributed by atoms with Gasteiger partial charge in [0.05, 0.1) is 18.0 Å². The third-order valence-corrected chi connectivity index (χ3v) is 3.06. The van der Waals surface area contributed by atoms with Crippen molar-refractivity contribution in [3.8, 4) is 0 Å². The van der Waals surface area contributed by atoms with E-state index in [0.29, 0.717) is 6.42 Å². The highest BCUT2D eigenvalue weighted by atomic mass is 32.2. The number of nitrogens with two attached hydrogens (primary N) is 1. The van der Waals surface area contributed by atoms with Gasteiger partial charge in [-0.15, -0.1) is 0 Å². The van der Waals surface area contributed by atoms with Gasteiger partial charge in [-0.3, -0.25) is 9.52 Å². The van der Waals surface area contributed by atoms with Crippen molar-refractivity contribution in [2.24, 2.45) is 5.73 Å². The SMILES string of the molecule is CCC[C@H](N)C(=O)Nc1ccc(F)c(NS(C)(=O)=O)c1. The van der Waals surface area contributed by atoms with E-state index in [-0.39, 0.29) is 11.4 Å². The number of amides is 1. The van der Waals surface area contributed by atoms with Gasteiger partial charge in [0.2, 0.25) is 15.9 Å². The van der Waals surface area contributed by atoms with Gasteiger partial charge >= 0.3 is 0 Å². The Morgan fingerprint density at radius 2 is 2.10 bits per heavy atom. The number of carbonyl (C=O) groups excluding carboxylic acids is 1. The van der Waals surface area contributed by atoms with E-state index in [1.165, 1.54) is 12.1 Å². The van der Waals surface area contributed by atoms with Crippen LogP contribution in [0.25, 0.3) is 0 Å². The molecular weight excluding hydrogens is 285 g/mol. The van der Waals surface area contributed by atoms with Crippen LogP contribution < -0.4 is 15.8 Å². The van der Waals surface area contributed by atoms with E-state index >= 15 is 0 Å². The summed E-state index contributed by atoms with van der Waals surface area (Å²) in [6, 6.07) is 2.94. The van der Waals surface area contributed by atoms with Crippen LogP contribution in [0.2, 0.25) is 0 Å². The molecule has 112 valence electrons. The number of nitrogens with one attached hydrogen (secondary N) is 2. The van der Waals surface area contributed by atoms with Crippen LogP contribution in [0.15, 0.2) is 18.2 Å². The van der Waals surface area contributed by atoms with Crippen LogP contribution in [-0.4, -0.2) is 26.6 Å². The fourth-order valence-corrected chi connectivity index (χ4v) is 2.11. The zero-order valence-electron chi connectivity index (χ0n) is 11.3. The van der Waals surface area contributed by atoms with Crippen molar-refractivity contribution < 1.29 is 17.6 Å². The molecule has 0 saturated carbocycles. The van der Waals surface area contributed by atoms with E-state index in [0.717, 1.165) is 18.7 Å². The minimum Gasteiger partial charge on any atom is -0.325 e. The van der Waals surface area contributed by atoms with Crippen LogP contribution in [0.3, 0.4) is 0 Å². The normalized spacial score (nSPS) is 12.8. The topological polar surface area (TPSA) is 101 Å². The molecule has 0 bridgehead atoms. The summed E-state index contributed by atoms with van der Waals surface area (Å²) in [6.45, 7) is 1.90. The first-order chi connectivity index (χ1) is 9.23. The number of sulfonamides is 1. The molecule has 0 aromatic heterocycles. The summed E-state index contributed by atoms with van der Waals surface area (Å²) in [7, 11) is -3.60. The summed E-state index contributed by atoms with van der Waals surface area (Å²) in [6.07, 6.45) is 2.20. The Bertz CT molecular complexity index is 590. The van der Waals surface area contributed by atoms with Gasteiger partial charge in [0.15, 0.2) is 0 Å². The molecule has 0 spiro atoms. The predicted molar refractivity (Wildman–Crippen MR) is 76.4 cm³/mol. The van der Waals surface area contributed by atoms with E-state index in [9.17, 15) is 17.6 Å². The number of hydrogen-bond donors (Lipinski definition) is 3. The molecule has 0 unspecified atom stereocenters. The first-order valence-corrected chi connectivity index (χ1v) is 7.96. The first-order valence-electron chi connectivity index (χ1n) is 6.06. The Hall–Kier alpha value is -1.67. The van der Waals surface area contributed by atoms with Crippen molar-refractivity contribution in [3.63, 3.8) is 0 Å². The Labute approximate surface area is 117 Å². The lowest BCUT2D eigenvalue weighted by molar-refractivity contribution is -0.117. The van der Waals surface area contributed by atoms with Gasteiger partial charge in [-0.2, -0.15) is 0 Å². The molecule has 1 aromatic carbocycles. The summed E-state index contributed by atoms with van der Waals surface area (Å²) in [5, 5.41) is 2.51. The molecule has 8 heteroatoms. The average Bonchev–Trinajstić information content (AvgIpc) is 2.32. The maximum atomic E-state index is 13.5. The Morgan fingerprint density at radius 1 is 1.45 bits per heavy atom. The maximum absolute atomic E-state index is 13.5. The fraction of sp³-hybridized carbons (Fsp3) is 0.417. The number of carbonyl (C=O) groups is 1. The van der Waals surface area contributed by atoms with E-state index in [1.807, 2.05) is 11.6 Å². The fourth-order valence-electron chi connectivity index (χ4n) is 1.56. The molecule has 1 atom stereocenters. The van der Waals surface area contributed by atoms with Crippen LogP contribution in [-0.2, 0) is 14.8 Å². The van der Waals surface area contributed by atoms with Gasteiger partial charge in [-0.05, 0) is 24.6 Å². The third-order valence-electron chi connectivity index (χ3n) is 2.47. The predicted octanol–water partition coefficient (Wildman–Crippen LogP) is 1.26. The third kappa shape index (κ3) is 5.14. The lowest BCUT2D eigenvalue weighted by Crippen LogP contribution is -2.35. The molecule has 1 aromatic rings. The largest absolute Gasteiger partial charge is 0.325 e. The second kappa shape index (κ2) is 6.67. The zero-order chi connectivity index (χ0) is 15.3. The monoisotopic (exact) mass is 303 g/mol. The summed E-state index contributed by atoms with van der Waals surface area (Å²) in [5.74, 6) is -1.13. The van der Waals surface area contributed by atoms with E-state index in [2.05, 4.69) is 5.32 Å². The summed E-state index contributed by atoms with van der Waals surface area (Å²) < 4.78 is 37.7. The smallest absolute Gasteiger partial charge is 0.241 e. The standard InChI is InChI=1S/C12H18FN3O3S/c1-3-4-10(14)12(17)15-8-5-6-9(13)11(7-8)16-20(2,18)19/h5-7,10,16H,3-4,14H2,1-2H3,(H,15,17)/t10-/m0/s1. The second-order valence-corrected chi connectivity index (χ2v) is 6.20. The molecule has 0 fully saturated rings. The quantitative estimate of drug-likeness (QED) is 0.736. The molecule has 0 radical (unpaired) electrons. The van der Waals surface area contributed by atoms with Crippen LogP contribution in [0.5, 0.6) is 0 Å². The van der Waals surface area contributed by atoms with Gasteiger partial charge < -0.3 is 11.1 Å². The van der Waals surface area contributed by atoms with Crippen LogP contribution in [0, 0.1) is 5.82 Å². The van der Waals surface area contributed by atoms with Gasteiger partial charge in [0, 0.05) is 5.69 Å². The number of anilines is 2. The maximum Gasteiger partial charge on any atom is 0.241 e. The molecule has 0 aliphatic carbocycles. The van der Waals surface area contributed by atoms with Crippen molar-refractivity contribution in [1.29, 1.82) is 0 Å². The lowest BCUT2D eigenvalue weighted by Gasteiger charge is -2.12. The minimum atomic E-state index is -3.60. The van der Waals surface area contributed by atoms with Crippen molar-refractivity contribution in [2.45, 2.75) is 25.8 Å².